The Labute approximate surface area is 219 Å². The van der Waals surface area contributed by atoms with Crippen LogP contribution < -0.4 is 14.8 Å². The van der Waals surface area contributed by atoms with Gasteiger partial charge in [0.25, 0.3) is 5.91 Å². The molecule has 4 aromatic rings. The zero-order valence-corrected chi connectivity index (χ0v) is 20.4. The van der Waals surface area contributed by atoms with Gasteiger partial charge in [-0.3, -0.25) is 4.79 Å². The van der Waals surface area contributed by atoms with Crippen molar-refractivity contribution >= 4 is 29.3 Å². The van der Waals surface area contributed by atoms with Crippen LogP contribution in [0.1, 0.15) is 16.7 Å². The van der Waals surface area contributed by atoms with E-state index in [4.69, 9.17) is 21.1 Å². The number of hydrogen-bond acceptors (Lipinski definition) is 4. The van der Waals surface area contributed by atoms with Crippen molar-refractivity contribution in [2.24, 2.45) is 0 Å². The van der Waals surface area contributed by atoms with E-state index in [9.17, 15) is 14.4 Å². The number of rotatable bonds is 9. The molecule has 0 fully saturated rings. The first-order valence-corrected chi connectivity index (χ1v) is 11.8. The molecule has 0 spiro atoms. The van der Waals surface area contributed by atoms with E-state index in [-0.39, 0.29) is 23.0 Å². The third-order valence-electron chi connectivity index (χ3n) is 5.33. The standard InChI is InChI=1S/C30H22ClFN2O3/c31-27-17-22(10-15-29(27)37-20-23-8-4-5-9-28(23)32)16-24(18-33)30(35)34-25-11-13-26(14-12-25)36-19-21-6-2-1-3-7-21/h1-17H,19-20H2,(H,34,35)/b24-16+. The van der Waals surface area contributed by atoms with E-state index >= 15 is 0 Å². The van der Waals surface area contributed by atoms with Gasteiger partial charge in [0.15, 0.2) is 0 Å². The Kier molecular flexibility index (Phi) is 8.53. The summed E-state index contributed by atoms with van der Waals surface area (Å²) < 4.78 is 25.2. The highest BCUT2D eigenvalue weighted by atomic mass is 35.5. The second-order valence-corrected chi connectivity index (χ2v) is 8.40. The summed E-state index contributed by atoms with van der Waals surface area (Å²) in [6.45, 7) is 0.451. The van der Waals surface area contributed by atoms with Gasteiger partial charge in [-0.05, 0) is 59.7 Å². The summed E-state index contributed by atoms with van der Waals surface area (Å²) in [5.41, 5.74) is 2.42. The Hall–Kier alpha value is -4.60. The van der Waals surface area contributed by atoms with Gasteiger partial charge >= 0.3 is 0 Å². The van der Waals surface area contributed by atoms with Crippen molar-refractivity contribution in [3.8, 4) is 17.6 Å². The summed E-state index contributed by atoms with van der Waals surface area (Å²) >= 11 is 6.31. The molecule has 0 saturated carbocycles. The first-order valence-electron chi connectivity index (χ1n) is 11.4. The zero-order valence-electron chi connectivity index (χ0n) is 19.7. The maximum Gasteiger partial charge on any atom is 0.266 e. The van der Waals surface area contributed by atoms with Crippen molar-refractivity contribution in [1.29, 1.82) is 5.26 Å². The van der Waals surface area contributed by atoms with Crippen LogP contribution in [0.3, 0.4) is 0 Å². The Morgan fingerprint density at radius 1 is 0.919 bits per heavy atom. The third-order valence-corrected chi connectivity index (χ3v) is 5.63. The molecule has 37 heavy (non-hydrogen) atoms. The van der Waals surface area contributed by atoms with Crippen molar-refractivity contribution < 1.29 is 18.7 Å². The molecule has 0 aliphatic heterocycles. The predicted molar refractivity (Wildman–Crippen MR) is 142 cm³/mol. The van der Waals surface area contributed by atoms with E-state index in [1.807, 2.05) is 36.4 Å². The van der Waals surface area contributed by atoms with E-state index in [0.717, 1.165) is 5.56 Å². The van der Waals surface area contributed by atoms with E-state index in [2.05, 4.69) is 5.32 Å². The molecule has 0 aliphatic carbocycles. The molecule has 0 bridgehead atoms. The minimum absolute atomic E-state index is 0.0174. The van der Waals surface area contributed by atoms with E-state index < -0.39 is 5.91 Å². The Morgan fingerprint density at radius 3 is 2.35 bits per heavy atom. The highest BCUT2D eigenvalue weighted by molar-refractivity contribution is 6.32. The van der Waals surface area contributed by atoms with Gasteiger partial charge in [0.1, 0.15) is 42.2 Å². The summed E-state index contributed by atoms with van der Waals surface area (Å²) in [6.07, 6.45) is 1.43. The number of halogens is 2. The molecule has 0 aliphatic rings. The molecule has 0 saturated heterocycles. The molecule has 0 heterocycles. The van der Waals surface area contributed by atoms with Gasteiger partial charge in [-0.1, -0.05) is 66.2 Å². The van der Waals surface area contributed by atoms with Gasteiger partial charge in [-0.25, -0.2) is 4.39 Å². The fourth-order valence-corrected chi connectivity index (χ4v) is 3.63. The number of ether oxygens (including phenoxy) is 2. The van der Waals surface area contributed by atoms with Crippen molar-refractivity contribution in [1.82, 2.24) is 0 Å². The topological polar surface area (TPSA) is 71.3 Å². The molecule has 4 aromatic carbocycles. The Morgan fingerprint density at radius 2 is 1.65 bits per heavy atom. The van der Waals surface area contributed by atoms with E-state index in [1.165, 1.54) is 12.1 Å². The number of carbonyl (C=O) groups excluding carboxylic acids is 1. The second kappa shape index (κ2) is 12.4. The highest BCUT2D eigenvalue weighted by Gasteiger charge is 2.11. The predicted octanol–water partition coefficient (Wildman–Crippen LogP) is 7.18. The SMILES string of the molecule is N#C/C(=C\c1ccc(OCc2ccccc2F)c(Cl)c1)C(=O)Nc1ccc(OCc2ccccc2)cc1. The average Bonchev–Trinajstić information content (AvgIpc) is 2.92. The van der Waals surface area contributed by atoms with Gasteiger partial charge in [0.05, 0.1) is 5.02 Å². The van der Waals surface area contributed by atoms with Gasteiger partial charge in [-0.2, -0.15) is 5.26 Å². The molecule has 4 rings (SSSR count). The van der Waals surface area contributed by atoms with Crippen LogP contribution >= 0.6 is 11.6 Å². The first-order chi connectivity index (χ1) is 18.0. The molecule has 184 valence electrons. The van der Waals surface area contributed by atoms with Crippen LogP contribution in [0.25, 0.3) is 6.08 Å². The van der Waals surface area contributed by atoms with Crippen LogP contribution in [0.5, 0.6) is 11.5 Å². The lowest BCUT2D eigenvalue weighted by molar-refractivity contribution is -0.112. The maximum absolute atomic E-state index is 13.8. The summed E-state index contributed by atoms with van der Waals surface area (Å²) in [5.74, 6) is 0.0955. The highest BCUT2D eigenvalue weighted by Crippen LogP contribution is 2.28. The molecule has 0 unspecified atom stereocenters. The number of nitrogens with one attached hydrogen (secondary N) is 1. The van der Waals surface area contributed by atoms with Crippen molar-refractivity contribution in [3.63, 3.8) is 0 Å². The summed E-state index contributed by atoms with van der Waals surface area (Å²) in [4.78, 5) is 12.7. The maximum atomic E-state index is 13.8. The average molecular weight is 513 g/mol. The molecular formula is C30H22ClFN2O3. The first kappa shape index (κ1) is 25.5. The lowest BCUT2D eigenvalue weighted by atomic mass is 10.1. The third kappa shape index (κ3) is 7.20. The number of nitriles is 1. The number of hydrogen-bond donors (Lipinski definition) is 1. The molecular weight excluding hydrogens is 491 g/mol. The number of benzene rings is 4. The van der Waals surface area contributed by atoms with Crippen LogP contribution in [0.15, 0.2) is 103 Å². The Bertz CT molecular complexity index is 1450. The lowest BCUT2D eigenvalue weighted by Gasteiger charge is -2.10. The normalized spacial score (nSPS) is 10.9. The molecule has 0 radical (unpaired) electrons. The molecule has 1 N–H and O–H groups in total. The fourth-order valence-electron chi connectivity index (χ4n) is 3.38. The molecule has 1 amide bonds. The van der Waals surface area contributed by atoms with Crippen molar-refractivity contribution in [2.75, 3.05) is 5.32 Å². The lowest BCUT2D eigenvalue weighted by Crippen LogP contribution is -2.13. The van der Waals surface area contributed by atoms with E-state index in [0.29, 0.717) is 34.9 Å². The van der Waals surface area contributed by atoms with Gasteiger partial charge < -0.3 is 14.8 Å². The van der Waals surface area contributed by atoms with E-state index in [1.54, 1.807) is 60.7 Å². The molecule has 0 atom stereocenters. The minimum Gasteiger partial charge on any atom is -0.489 e. The van der Waals surface area contributed by atoms with Crippen LogP contribution in [0.4, 0.5) is 10.1 Å². The summed E-state index contributed by atoms with van der Waals surface area (Å²) in [5, 5.41) is 12.5. The monoisotopic (exact) mass is 512 g/mol. The van der Waals surface area contributed by atoms with Gasteiger partial charge in [0.2, 0.25) is 0 Å². The molecule has 5 nitrogen and oxygen atoms in total. The fraction of sp³-hybridized carbons (Fsp3) is 0.0667. The van der Waals surface area contributed by atoms with Crippen molar-refractivity contribution in [2.45, 2.75) is 13.2 Å². The number of carbonyl (C=O) groups is 1. The van der Waals surface area contributed by atoms with Crippen LogP contribution in [-0.4, -0.2) is 5.91 Å². The quantitative estimate of drug-likeness (QED) is 0.190. The zero-order chi connectivity index (χ0) is 26.0. The van der Waals surface area contributed by atoms with Gasteiger partial charge in [-0.15, -0.1) is 0 Å². The molecule has 0 aromatic heterocycles. The van der Waals surface area contributed by atoms with Crippen LogP contribution in [0.2, 0.25) is 5.02 Å². The summed E-state index contributed by atoms with van der Waals surface area (Å²) in [6, 6.07) is 29.7. The molecule has 7 heteroatoms. The van der Waals surface area contributed by atoms with Crippen molar-refractivity contribution in [3.05, 3.63) is 130 Å². The van der Waals surface area contributed by atoms with Crippen LogP contribution in [0, 0.1) is 17.1 Å². The smallest absolute Gasteiger partial charge is 0.266 e. The number of nitrogens with zero attached hydrogens (tertiary/aromatic N) is 1. The number of amides is 1. The summed E-state index contributed by atoms with van der Waals surface area (Å²) in [7, 11) is 0. The van der Waals surface area contributed by atoms with Crippen LogP contribution in [-0.2, 0) is 18.0 Å². The van der Waals surface area contributed by atoms with Gasteiger partial charge in [0, 0.05) is 11.3 Å². The largest absolute Gasteiger partial charge is 0.489 e. The Balaban J connectivity index is 1.36. The minimum atomic E-state index is -0.559. The second-order valence-electron chi connectivity index (χ2n) is 7.99. The number of anilines is 1.